The molecule has 0 spiro atoms. The van der Waals surface area contributed by atoms with Gasteiger partial charge in [0.25, 0.3) is 5.69 Å². The Morgan fingerprint density at radius 3 is 2.19 bits per heavy atom. The van der Waals surface area contributed by atoms with Crippen LogP contribution in [0.25, 0.3) is 0 Å². The molecule has 2 unspecified atom stereocenters. The van der Waals surface area contributed by atoms with Crippen molar-refractivity contribution in [1.82, 2.24) is 5.32 Å². The number of rotatable bonds is 8. The zero-order valence-corrected chi connectivity index (χ0v) is 20.4. The Kier molecular flexibility index (Phi) is 7.66. The van der Waals surface area contributed by atoms with E-state index in [1.54, 1.807) is 13.8 Å². The van der Waals surface area contributed by atoms with E-state index in [1.807, 2.05) is 33.8 Å². The Morgan fingerprint density at radius 2 is 1.66 bits per heavy atom. The number of benzene rings is 2. The third-order valence-corrected chi connectivity index (χ3v) is 6.84. The number of carbonyl (C=O) groups excluding carboxylic acids is 1. The van der Waals surface area contributed by atoms with Gasteiger partial charge in [-0.3, -0.25) is 19.2 Å². The molecule has 9 heteroatoms. The van der Waals surface area contributed by atoms with Crippen LogP contribution in [0.5, 0.6) is 0 Å². The molecule has 2 atom stereocenters. The van der Waals surface area contributed by atoms with Crippen molar-refractivity contribution < 1.29 is 18.1 Å². The molecular weight excluding hydrogens is 430 g/mol. The molecule has 2 rings (SSSR count). The Labute approximate surface area is 189 Å². The summed E-state index contributed by atoms with van der Waals surface area (Å²) in [5.74, 6) is -0.464. The van der Waals surface area contributed by atoms with Gasteiger partial charge in [-0.15, -0.1) is 0 Å². The molecule has 0 saturated carbocycles. The van der Waals surface area contributed by atoms with Crippen LogP contribution in [-0.4, -0.2) is 31.5 Å². The lowest BCUT2D eigenvalue weighted by Crippen LogP contribution is -2.50. The quantitative estimate of drug-likeness (QED) is 0.467. The topological polar surface area (TPSA) is 110 Å². The highest BCUT2D eigenvalue weighted by molar-refractivity contribution is 7.92. The number of nitro benzene ring substituents is 1. The standard InChI is InChI=1S/C23H31N3O5S/c1-8-21(23(27)24-18(6)20-12-16(4)15(3)11-17(20)5)25(32(7,30)31)22-13-19(26(28)29)10-9-14(22)2/h9-13,18,21H,8H2,1-7H3,(H,24,27). The second-order valence-electron chi connectivity index (χ2n) is 8.23. The number of anilines is 1. The molecule has 2 aromatic carbocycles. The number of hydrogen-bond donors (Lipinski definition) is 1. The first-order chi connectivity index (χ1) is 14.8. The van der Waals surface area contributed by atoms with Crippen LogP contribution in [0.1, 0.15) is 54.1 Å². The lowest BCUT2D eigenvalue weighted by Gasteiger charge is -2.32. The van der Waals surface area contributed by atoms with Gasteiger partial charge in [-0.05, 0) is 68.9 Å². The van der Waals surface area contributed by atoms with Crippen molar-refractivity contribution in [2.24, 2.45) is 0 Å². The van der Waals surface area contributed by atoms with Gasteiger partial charge in [-0.25, -0.2) is 8.42 Å². The molecule has 0 bridgehead atoms. The summed E-state index contributed by atoms with van der Waals surface area (Å²) in [5, 5.41) is 14.2. The summed E-state index contributed by atoms with van der Waals surface area (Å²) in [6.45, 7) is 11.2. The second kappa shape index (κ2) is 9.68. The maximum absolute atomic E-state index is 13.3. The van der Waals surface area contributed by atoms with Crippen LogP contribution < -0.4 is 9.62 Å². The van der Waals surface area contributed by atoms with Crippen LogP contribution in [0.2, 0.25) is 0 Å². The normalized spacial score (nSPS) is 13.3. The monoisotopic (exact) mass is 461 g/mol. The minimum atomic E-state index is -3.91. The third kappa shape index (κ3) is 5.45. The average molecular weight is 462 g/mol. The van der Waals surface area contributed by atoms with E-state index in [9.17, 15) is 23.3 Å². The van der Waals surface area contributed by atoms with E-state index in [4.69, 9.17) is 0 Å². The smallest absolute Gasteiger partial charge is 0.271 e. The fraction of sp³-hybridized carbons (Fsp3) is 0.435. The van der Waals surface area contributed by atoms with Crippen molar-refractivity contribution in [3.05, 3.63) is 68.3 Å². The summed E-state index contributed by atoms with van der Waals surface area (Å²) in [7, 11) is -3.91. The van der Waals surface area contributed by atoms with Crippen LogP contribution >= 0.6 is 0 Å². The van der Waals surface area contributed by atoms with Gasteiger partial charge >= 0.3 is 0 Å². The fourth-order valence-corrected chi connectivity index (χ4v) is 5.08. The summed E-state index contributed by atoms with van der Waals surface area (Å²) >= 11 is 0. The first-order valence-corrected chi connectivity index (χ1v) is 12.2. The molecule has 2 aromatic rings. The SMILES string of the molecule is CCC(C(=O)NC(C)c1cc(C)c(C)cc1C)N(c1cc([N+](=O)[O-])ccc1C)S(C)(=O)=O. The van der Waals surface area contributed by atoms with Crippen molar-refractivity contribution in [3.63, 3.8) is 0 Å². The zero-order chi connectivity index (χ0) is 24.4. The molecule has 1 amide bonds. The second-order valence-corrected chi connectivity index (χ2v) is 10.1. The lowest BCUT2D eigenvalue weighted by atomic mass is 9.96. The maximum atomic E-state index is 13.3. The Hall–Kier alpha value is -2.94. The van der Waals surface area contributed by atoms with E-state index >= 15 is 0 Å². The van der Waals surface area contributed by atoms with E-state index in [-0.39, 0.29) is 23.8 Å². The molecular formula is C23H31N3O5S. The predicted molar refractivity (Wildman–Crippen MR) is 126 cm³/mol. The van der Waals surface area contributed by atoms with E-state index in [1.165, 1.54) is 18.2 Å². The summed E-state index contributed by atoms with van der Waals surface area (Å²) in [6, 6.07) is 6.67. The van der Waals surface area contributed by atoms with Gasteiger partial charge in [0, 0.05) is 12.1 Å². The van der Waals surface area contributed by atoms with Gasteiger partial charge in [0.15, 0.2) is 0 Å². The number of hydrogen-bond acceptors (Lipinski definition) is 5. The lowest BCUT2D eigenvalue weighted by molar-refractivity contribution is -0.384. The highest BCUT2D eigenvalue weighted by atomic mass is 32.2. The van der Waals surface area contributed by atoms with Gasteiger partial charge in [-0.1, -0.05) is 25.1 Å². The number of nitrogens with zero attached hydrogens (tertiary/aromatic N) is 2. The minimum absolute atomic E-state index is 0.124. The third-order valence-electron chi connectivity index (χ3n) is 5.68. The van der Waals surface area contributed by atoms with E-state index in [0.717, 1.165) is 32.8 Å². The number of nitro groups is 1. The zero-order valence-electron chi connectivity index (χ0n) is 19.6. The summed E-state index contributed by atoms with van der Waals surface area (Å²) in [4.78, 5) is 23.9. The number of carbonyl (C=O) groups is 1. The molecule has 0 fully saturated rings. The first kappa shape index (κ1) is 25.3. The molecule has 0 aliphatic rings. The van der Waals surface area contributed by atoms with Gasteiger partial charge in [0.2, 0.25) is 15.9 Å². The van der Waals surface area contributed by atoms with E-state index in [0.29, 0.717) is 5.56 Å². The van der Waals surface area contributed by atoms with Gasteiger partial charge in [0.05, 0.1) is 22.9 Å². The average Bonchev–Trinajstić information content (AvgIpc) is 2.68. The summed E-state index contributed by atoms with van der Waals surface area (Å²) in [5.41, 5.74) is 4.64. The molecule has 0 saturated heterocycles. The van der Waals surface area contributed by atoms with Crippen LogP contribution in [0.15, 0.2) is 30.3 Å². The Bertz CT molecular complexity index is 1140. The highest BCUT2D eigenvalue weighted by Crippen LogP contribution is 2.30. The highest BCUT2D eigenvalue weighted by Gasteiger charge is 2.34. The number of amides is 1. The first-order valence-electron chi connectivity index (χ1n) is 10.4. The van der Waals surface area contributed by atoms with Crippen molar-refractivity contribution in [2.45, 2.75) is 60.0 Å². The van der Waals surface area contributed by atoms with Crippen molar-refractivity contribution >= 4 is 27.3 Å². The Morgan fingerprint density at radius 1 is 1.06 bits per heavy atom. The molecule has 174 valence electrons. The molecule has 8 nitrogen and oxygen atoms in total. The van der Waals surface area contributed by atoms with Crippen LogP contribution in [0.4, 0.5) is 11.4 Å². The van der Waals surface area contributed by atoms with Gasteiger partial charge < -0.3 is 5.32 Å². The Balaban J connectivity index is 2.47. The minimum Gasteiger partial charge on any atom is -0.348 e. The van der Waals surface area contributed by atoms with Crippen LogP contribution in [0.3, 0.4) is 0 Å². The summed E-state index contributed by atoms with van der Waals surface area (Å²) in [6.07, 6.45) is 1.19. The molecule has 0 heterocycles. The largest absolute Gasteiger partial charge is 0.348 e. The van der Waals surface area contributed by atoms with Gasteiger partial charge in [0.1, 0.15) is 6.04 Å². The maximum Gasteiger partial charge on any atom is 0.271 e. The molecule has 0 aliphatic carbocycles. The number of sulfonamides is 1. The molecule has 1 N–H and O–H groups in total. The van der Waals surface area contributed by atoms with Crippen molar-refractivity contribution in [3.8, 4) is 0 Å². The molecule has 0 aromatic heterocycles. The van der Waals surface area contributed by atoms with E-state index < -0.39 is 26.9 Å². The predicted octanol–water partition coefficient (Wildman–Crippen LogP) is 4.25. The van der Waals surface area contributed by atoms with Gasteiger partial charge in [-0.2, -0.15) is 0 Å². The van der Waals surface area contributed by atoms with E-state index in [2.05, 4.69) is 11.4 Å². The molecule has 32 heavy (non-hydrogen) atoms. The van der Waals surface area contributed by atoms with Crippen LogP contribution in [0, 0.1) is 37.8 Å². The number of non-ortho nitro benzene ring substituents is 1. The van der Waals surface area contributed by atoms with Crippen molar-refractivity contribution in [2.75, 3.05) is 10.6 Å². The molecule has 0 radical (unpaired) electrons. The van der Waals surface area contributed by atoms with Crippen LogP contribution in [-0.2, 0) is 14.8 Å². The fourth-order valence-electron chi connectivity index (χ4n) is 3.82. The number of aryl methyl sites for hydroxylation is 4. The molecule has 0 aliphatic heterocycles. The number of nitrogens with one attached hydrogen (secondary N) is 1. The van der Waals surface area contributed by atoms with Crippen molar-refractivity contribution in [1.29, 1.82) is 0 Å². The summed E-state index contributed by atoms with van der Waals surface area (Å²) < 4.78 is 26.5.